The fourth-order valence-corrected chi connectivity index (χ4v) is 12.9. The zero-order chi connectivity index (χ0) is 49.1. The predicted molar refractivity (Wildman–Crippen MR) is 323 cm³/mol. The topological polar surface area (TPSA) is 4.93 Å². The molecule has 0 amide bonds. The molecule has 0 aliphatic carbocycles. The van der Waals surface area contributed by atoms with Crippen molar-refractivity contribution >= 4 is 108 Å². The van der Waals surface area contributed by atoms with E-state index in [1.807, 2.05) is 0 Å². The van der Waals surface area contributed by atoms with E-state index in [1.54, 1.807) is 0 Å². The molecule has 16 aromatic rings. The molecule has 0 radical (unpaired) electrons. The summed E-state index contributed by atoms with van der Waals surface area (Å²) in [6.07, 6.45) is 0. The van der Waals surface area contributed by atoms with Crippen LogP contribution in [0, 0.1) is 0 Å². The lowest BCUT2D eigenvalue weighted by molar-refractivity contribution is 1.18. The van der Waals surface area contributed by atoms with E-state index in [0.29, 0.717) is 0 Å². The molecule has 75 heavy (non-hydrogen) atoms. The fraction of sp³-hybridized carbons (Fsp3) is 0. The van der Waals surface area contributed by atoms with Crippen LogP contribution in [0.3, 0.4) is 0 Å². The van der Waals surface area contributed by atoms with Crippen molar-refractivity contribution in [1.82, 2.24) is 4.57 Å². The molecule has 0 atom stereocenters. The van der Waals surface area contributed by atoms with Crippen molar-refractivity contribution in [1.29, 1.82) is 0 Å². The smallest absolute Gasteiger partial charge is 0.0541 e. The summed E-state index contributed by atoms with van der Waals surface area (Å²) in [6, 6.07) is 102. The van der Waals surface area contributed by atoms with Gasteiger partial charge in [0.2, 0.25) is 0 Å². The minimum atomic E-state index is 1.12. The lowest BCUT2D eigenvalue weighted by atomic mass is 9.89. The van der Waals surface area contributed by atoms with Gasteiger partial charge >= 0.3 is 0 Å². The minimum Gasteiger partial charge on any atom is -0.309 e. The second kappa shape index (κ2) is 16.3. The molecular formula is C74H45N. The van der Waals surface area contributed by atoms with Crippen LogP contribution in [0.4, 0.5) is 0 Å². The van der Waals surface area contributed by atoms with Crippen molar-refractivity contribution in [3.8, 4) is 50.2 Å². The van der Waals surface area contributed by atoms with Gasteiger partial charge in [-0.25, -0.2) is 0 Å². The molecule has 0 N–H and O–H groups in total. The Morgan fingerprint density at radius 2 is 0.440 bits per heavy atom. The van der Waals surface area contributed by atoms with E-state index < -0.39 is 0 Å². The third kappa shape index (κ3) is 6.45. The first kappa shape index (κ1) is 41.8. The molecule has 346 valence electrons. The molecule has 0 bridgehead atoms. The van der Waals surface area contributed by atoms with E-state index in [0.717, 1.165) is 16.7 Å². The first-order chi connectivity index (χ1) is 37.2. The van der Waals surface area contributed by atoms with E-state index in [-0.39, 0.29) is 0 Å². The van der Waals surface area contributed by atoms with E-state index in [1.165, 1.54) is 141 Å². The largest absolute Gasteiger partial charge is 0.309 e. The molecule has 0 saturated carbocycles. The average molecular weight is 948 g/mol. The van der Waals surface area contributed by atoms with Crippen molar-refractivity contribution in [2.75, 3.05) is 0 Å². The number of nitrogens with zero attached hydrogens (tertiary/aromatic N) is 1. The quantitative estimate of drug-likeness (QED) is 0.152. The van der Waals surface area contributed by atoms with Crippen LogP contribution in [0.15, 0.2) is 273 Å². The number of rotatable bonds is 5. The van der Waals surface area contributed by atoms with Gasteiger partial charge in [-0.1, -0.05) is 206 Å². The first-order valence-corrected chi connectivity index (χ1v) is 26.1. The van der Waals surface area contributed by atoms with E-state index in [9.17, 15) is 0 Å². The Hall–Kier alpha value is -9.82. The first-order valence-electron chi connectivity index (χ1n) is 26.1. The molecule has 0 aliphatic rings. The summed E-state index contributed by atoms with van der Waals surface area (Å²) in [5, 5.41) is 22.5. The Labute approximate surface area is 433 Å². The Bertz CT molecular complexity index is 4760. The van der Waals surface area contributed by atoms with Crippen molar-refractivity contribution in [3.05, 3.63) is 273 Å². The molecule has 1 heteroatoms. The number of fused-ring (bicyclic) bond motifs is 15. The van der Waals surface area contributed by atoms with Gasteiger partial charge in [0.1, 0.15) is 0 Å². The molecule has 0 aliphatic heterocycles. The second-order valence-corrected chi connectivity index (χ2v) is 20.3. The third-order valence-electron chi connectivity index (χ3n) is 16.3. The van der Waals surface area contributed by atoms with Gasteiger partial charge in [-0.05, 0) is 197 Å². The number of aromatic nitrogens is 1. The maximum absolute atomic E-state index is 2.54. The molecular weight excluding hydrogens is 903 g/mol. The van der Waals surface area contributed by atoms with Gasteiger partial charge in [-0.3, -0.25) is 0 Å². The maximum atomic E-state index is 2.54. The van der Waals surface area contributed by atoms with Crippen LogP contribution >= 0.6 is 0 Å². The number of benzene rings is 15. The van der Waals surface area contributed by atoms with Gasteiger partial charge in [0.15, 0.2) is 0 Å². The van der Waals surface area contributed by atoms with Crippen LogP contribution < -0.4 is 0 Å². The van der Waals surface area contributed by atoms with Gasteiger partial charge < -0.3 is 4.57 Å². The molecule has 1 aromatic heterocycles. The zero-order valence-electron chi connectivity index (χ0n) is 40.9. The van der Waals surface area contributed by atoms with Gasteiger partial charge in [0.05, 0.1) is 11.0 Å². The summed E-state index contributed by atoms with van der Waals surface area (Å²) in [5.41, 5.74) is 13.1. The Morgan fingerprint density at radius 1 is 0.173 bits per heavy atom. The summed E-state index contributed by atoms with van der Waals surface area (Å²) in [7, 11) is 0. The maximum Gasteiger partial charge on any atom is 0.0541 e. The van der Waals surface area contributed by atoms with Crippen molar-refractivity contribution in [2.24, 2.45) is 0 Å². The van der Waals surface area contributed by atoms with Crippen LogP contribution in [-0.2, 0) is 0 Å². The lowest BCUT2D eigenvalue weighted by Crippen LogP contribution is -1.97. The predicted octanol–water partition coefficient (Wildman–Crippen LogP) is 20.7. The molecule has 0 fully saturated rings. The molecule has 1 heterocycles. The Kier molecular flexibility index (Phi) is 9.10. The second-order valence-electron chi connectivity index (χ2n) is 20.3. The molecule has 0 saturated heterocycles. The molecule has 1 nitrogen and oxygen atoms in total. The highest BCUT2D eigenvalue weighted by Gasteiger charge is 2.21. The molecule has 0 spiro atoms. The van der Waals surface area contributed by atoms with Crippen molar-refractivity contribution < 1.29 is 0 Å². The minimum absolute atomic E-state index is 1.12. The fourth-order valence-electron chi connectivity index (χ4n) is 12.9. The SMILES string of the molecule is c1ccc2c(c1)cc(-c1cc(-c3cc4ccccc4c4ccccc34)cc(-n3c4ccc(-c5cc6ccccc6c6ccccc56)cc4c4cc(-c5cc6ccccc6c6ccccc56)ccc43)c1)c1ccccc12. The normalized spacial score (nSPS) is 12.0. The van der Waals surface area contributed by atoms with E-state index in [4.69, 9.17) is 0 Å². The van der Waals surface area contributed by atoms with E-state index >= 15 is 0 Å². The van der Waals surface area contributed by atoms with Crippen LogP contribution in [0.5, 0.6) is 0 Å². The summed E-state index contributed by atoms with van der Waals surface area (Å²) in [6.45, 7) is 0. The van der Waals surface area contributed by atoms with Crippen LogP contribution in [0.2, 0.25) is 0 Å². The summed E-state index contributed by atoms with van der Waals surface area (Å²) in [4.78, 5) is 0. The van der Waals surface area contributed by atoms with Gasteiger partial charge in [-0.2, -0.15) is 0 Å². The van der Waals surface area contributed by atoms with Gasteiger partial charge in [-0.15, -0.1) is 0 Å². The monoisotopic (exact) mass is 947 g/mol. The lowest BCUT2D eigenvalue weighted by Gasteiger charge is -2.18. The molecule has 15 aromatic carbocycles. The third-order valence-corrected chi connectivity index (χ3v) is 16.3. The Morgan fingerprint density at radius 3 is 0.760 bits per heavy atom. The summed E-state index contributed by atoms with van der Waals surface area (Å²) < 4.78 is 2.54. The highest BCUT2D eigenvalue weighted by Crippen LogP contribution is 2.45. The standard InChI is InChI=1S/C74H45N/c1-5-21-55-46(17-1)40-67(63-29-13-9-25-59(55)63)50-33-35-73-71(44-50)72-45-51(68-41-47-18-2-6-22-56(47)60-26-10-14-30-64(60)68)34-36-74(72)75(73)54-38-52(69-42-48-19-3-7-23-57(48)61-27-11-15-31-65(61)69)37-53(39-54)70-43-49-20-4-8-24-58(49)62-28-12-16-32-66(62)70/h1-45H. The van der Waals surface area contributed by atoms with E-state index in [2.05, 4.69) is 278 Å². The Balaban J connectivity index is 1.02. The summed E-state index contributed by atoms with van der Waals surface area (Å²) in [5.74, 6) is 0. The van der Waals surface area contributed by atoms with Gasteiger partial charge in [0.25, 0.3) is 0 Å². The summed E-state index contributed by atoms with van der Waals surface area (Å²) >= 11 is 0. The highest BCUT2D eigenvalue weighted by atomic mass is 15.0. The average Bonchev–Trinajstić information content (AvgIpc) is 3.81. The van der Waals surface area contributed by atoms with Crippen molar-refractivity contribution in [2.45, 2.75) is 0 Å². The van der Waals surface area contributed by atoms with Crippen LogP contribution in [0.1, 0.15) is 0 Å². The molecule has 16 rings (SSSR count). The molecule has 0 unspecified atom stereocenters. The number of hydrogen-bond donors (Lipinski definition) is 0. The van der Waals surface area contributed by atoms with Crippen molar-refractivity contribution in [3.63, 3.8) is 0 Å². The van der Waals surface area contributed by atoms with Crippen LogP contribution in [0.25, 0.3) is 158 Å². The highest BCUT2D eigenvalue weighted by molar-refractivity contribution is 6.20. The zero-order valence-corrected chi connectivity index (χ0v) is 40.9. The number of hydrogen-bond acceptors (Lipinski definition) is 0. The van der Waals surface area contributed by atoms with Gasteiger partial charge in [0, 0.05) is 16.5 Å². The van der Waals surface area contributed by atoms with Crippen LogP contribution in [-0.4, -0.2) is 4.57 Å².